The van der Waals surface area contributed by atoms with Gasteiger partial charge in [-0.2, -0.15) is 0 Å². The van der Waals surface area contributed by atoms with Gasteiger partial charge in [0, 0.05) is 38.0 Å². The lowest BCUT2D eigenvalue weighted by molar-refractivity contribution is -0.118. The fourth-order valence-corrected chi connectivity index (χ4v) is 4.97. The minimum absolute atomic E-state index is 0.0515. The molecule has 222 valence electrons. The molecule has 9 heteroatoms. The average Bonchev–Trinajstić information content (AvgIpc) is 2.85. The van der Waals surface area contributed by atoms with Gasteiger partial charge in [0.15, 0.2) is 0 Å². The van der Waals surface area contributed by atoms with Crippen LogP contribution in [0.2, 0.25) is 0 Å². The van der Waals surface area contributed by atoms with Gasteiger partial charge in [-0.25, -0.2) is 9.59 Å². The van der Waals surface area contributed by atoms with Crippen LogP contribution in [0, 0.1) is 0 Å². The number of benzene rings is 2. The van der Waals surface area contributed by atoms with E-state index in [0.717, 1.165) is 27.9 Å². The molecule has 3 amide bonds. The third kappa shape index (κ3) is 9.33. The van der Waals surface area contributed by atoms with Crippen LogP contribution in [-0.2, 0) is 25.5 Å². The molecule has 1 aliphatic rings. The number of nitrogens with zero attached hydrogens (tertiary/aromatic N) is 1. The number of carbonyl (C=O) groups excluding carboxylic acids is 4. The second kappa shape index (κ2) is 13.7. The van der Waals surface area contributed by atoms with E-state index in [4.69, 9.17) is 9.47 Å². The molecule has 1 heterocycles. The number of amides is 3. The van der Waals surface area contributed by atoms with Gasteiger partial charge in [0.2, 0.25) is 5.91 Å². The summed E-state index contributed by atoms with van der Waals surface area (Å²) in [6.45, 7) is 12.9. The summed E-state index contributed by atoms with van der Waals surface area (Å²) in [5.41, 5.74) is 3.89. The van der Waals surface area contributed by atoms with Gasteiger partial charge in [0.25, 0.3) is 0 Å². The maximum Gasteiger partial charge on any atom is 0.407 e. The maximum absolute atomic E-state index is 12.5. The number of nitrogens with one attached hydrogen (secondary N) is 2. The molecular formula is C32H43N3O6. The molecule has 9 nitrogen and oxygen atoms in total. The van der Waals surface area contributed by atoms with E-state index >= 15 is 0 Å². The van der Waals surface area contributed by atoms with Crippen LogP contribution >= 0.6 is 0 Å². The van der Waals surface area contributed by atoms with Gasteiger partial charge in [-0.1, -0.05) is 30.3 Å². The summed E-state index contributed by atoms with van der Waals surface area (Å²) in [4.78, 5) is 50.9. The summed E-state index contributed by atoms with van der Waals surface area (Å²) in [6.07, 6.45) is 0.574. The minimum Gasteiger partial charge on any atom is -0.447 e. The van der Waals surface area contributed by atoms with Gasteiger partial charge in [-0.15, -0.1) is 0 Å². The summed E-state index contributed by atoms with van der Waals surface area (Å²) in [5.74, 6) is 0.0440. The Hall–Kier alpha value is -3.88. The molecule has 0 aliphatic carbocycles. The molecule has 1 aliphatic heterocycles. The first-order valence-electron chi connectivity index (χ1n) is 14.2. The number of alkyl carbamates (subject to hydrolysis) is 2. The fourth-order valence-electron chi connectivity index (χ4n) is 4.97. The Labute approximate surface area is 243 Å². The molecule has 2 aromatic carbocycles. The van der Waals surface area contributed by atoms with Crippen molar-refractivity contribution in [1.82, 2.24) is 10.6 Å². The zero-order valence-corrected chi connectivity index (χ0v) is 25.2. The Balaban J connectivity index is 1.67. The standard InChI is InChI=1S/C32H43N3O6/c1-20(2)40-31(39)34-28-17-21(3)35(22(4)36)29-15-14-25(19-27(28)29)24-12-10-23(11-13-24)18-26(37)9-8-16-33-30(38)41-32(5,6)7/h10-15,19-21,28H,8-9,16-18H2,1-7H3,(H,33,38)(H,34,39)/t21-,28+/m0/s1. The van der Waals surface area contributed by atoms with E-state index in [1.807, 2.05) is 49.4 Å². The largest absolute Gasteiger partial charge is 0.447 e. The molecule has 2 N–H and O–H groups in total. The Kier molecular flexibility index (Phi) is 10.5. The SMILES string of the molecule is CC(=O)N1c2ccc(-c3ccc(CC(=O)CCCNC(=O)OC(C)(C)C)cc3)cc2[C@H](NC(=O)OC(C)C)C[C@@H]1C. The predicted octanol–water partition coefficient (Wildman–Crippen LogP) is 6.09. The molecular weight excluding hydrogens is 522 g/mol. The number of ether oxygens (including phenoxy) is 2. The minimum atomic E-state index is -0.557. The third-order valence-electron chi connectivity index (χ3n) is 6.64. The molecule has 2 aromatic rings. The van der Waals surface area contributed by atoms with E-state index in [1.165, 1.54) is 0 Å². The van der Waals surface area contributed by atoms with E-state index < -0.39 is 17.8 Å². The molecule has 3 rings (SSSR count). The molecule has 0 spiro atoms. The van der Waals surface area contributed by atoms with E-state index in [1.54, 1.807) is 46.4 Å². The molecule has 0 fully saturated rings. The number of anilines is 1. The van der Waals surface area contributed by atoms with Crippen LogP contribution in [0.4, 0.5) is 15.3 Å². The van der Waals surface area contributed by atoms with E-state index in [2.05, 4.69) is 10.6 Å². The van der Waals surface area contributed by atoms with Crippen molar-refractivity contribution in [2.45, 2.75) is 97.9 Å². The molecule has 0 saturated carbocycles. The number of carbonyl (C=O) groups is 4. The van der Waals surface area contributed by atoms with Crippen LogP contribution in [0.3, 0.4) is 0 Å². The highest BCUT2D eigenvalue weighted by Crippen LogP contribution is 2.39. The van der Waals surface area contributed by atoms with Crippen molar-refractivity contribution in [1.29, 1.82) is 0 Å². The van der Waals surface area contributed by atoms with Gasteiger partial charge in [0.1, 0.15) is 11.4 Å². The number of ketones is 1. The third-order valence-corrected chi connectivity index (χ3v) is 6.64. The van der Waals surface area contributed by atoms with Crippen molar-refractivity contribution < 1.29 is 28.7 Å². The number of Topliss-reactive ketones (excluding diaryl/α,β-unsaturated/α-hetero) is 1. The molecule has 0 unspecified atom stereocenters. The van der Waals surface area contributed by atoms with Crippen LogP contribution in [0.1, 0.15) is 84.9 Å². The van der Waals surface area contributed by atoms with Crippen molar-refractivity contribution in [3.05, 3.63) is 53.6 Å². The highest BCUT2D eigenvalue weighted by molar-refractivity contribution is 5.94. The summed E-state index contributed by atoms with van der Waals surface area (Å²) >= 11 is 0. The summed E-state index contributed by atoms with van der Waals surface area (Å²) in [6, 6.07) is 13.3. The maximum atomic E-state index is 12.5. The van der Waals surface area contributed by atoms with Crippen LogP contribution < -0.4 is 15.5 Å². The van der Waals surface area contributed by atoms with Crippen LogP contribution in [0.5, 0.6) is 0 Å². The monoisotopic (exact) mass is 565 g/mol. The molecule has 41 heavy (non-hydrogen) atoms. The lowest BCUT2D eigenvalue weighted by atomic mass is 9.89. The lowest BCUT2D eigenvalue weighted by Gasteiger charge is -2.39. The first kappa shape index (κ1) is 31.6. The van der Waals surface area contributed by atoms with Crippen LogP contribution in [-0.4, -0.2) is 48.2 Å². The lowest BCUT2D eigenvalue weighted by Crippen LogP contribution is -2.45. The molecule has 0 bridgehead atoms. The van der Waals surface area contributed by atoms with Crippen molar-refractivity contribution >= 4 is 29.6 Å². The quantitative estimate of drug-likeness (QED) is 0.356. The Morgan fingerprint density at radius 1 is 1.00 bits per heavy atom. The van der Waals surface area contributed by atoms with E-state index in [0.29, 0.717) is 32.2 Å². The Morgan fingerprint density at radius 3 is 2.27 bits per heavy atom. The zero-order chi connectivity index (χ0) is 30.3. The van der Waals surface area contributed by atoms with Gasteiger partial charge < -0.3 is 25.0 Å². The summed E-state index contributed by atoms with van der Waals surface area (Å²) in [7, 11) is 0. The number of fused-ring (bicyclic) bond motifs is 1. The number of rotatable bonds is 9. The fraction of sp³-hybridized carbons (Fsp3) is 0.500. The van der Waals surface area contributed by atoms with Gasteiger partial charge in [-0.3, -0.25) is 9.59 Å². The number of hydrogen-bond acceptors (Lipinski definition) is 6. The Morgan fingerprint density at radius 2 is 1.66 bits per heavy atom. The van der Waals surface area contributed by atoms with Gasteiger partial charge in [0.05, 0.1) is 12.1 Å². The normalized spacial score (nSPS) is 16.5. The average molecular weight is 566 g/mol. The van der Waals surface area contributed by atoms with E-state index in [9.17, 15) is 19.2 Å². The van der Waals surface area contributed by atoms with Crippen LogP contribution in [0.25, 0.3) is 11.1 Å². The zero-order valence-electron chi connectivity index (χ0n) is 25.2. The van der Waals surface area contributed by atoms with Crippen molar-refractivity contribution in [2.75, 3.05) is 11.4 Å². The second-order valence-electron chi connectivity index (χ2n) is 11.8. The van der Waals surface area contributed by atoms with Crippen molar-refractivity contribution in [3.8, 4) is 11.1 Å². The highest BCUT2D eigenvalue weighted by Gasteiger charge is 2.33. The van der Waals surface area contributed by atoms with Gasteiger partial charge >= 0.3 is 12.2 Å². The number of hydrogen-bond donors (Lipinski definition) is 2. The first-order valence-corrected chi connectivity index (χ1v) is 14.2. The van der Waals surface area contributed by atoms with Crippen molar-refractivity contribution in [3.63, 3.8) is 0 Å². The highest BCUT2D eigenvalue weighted by atomic mass is 16.6. The molecule has 2 atom stereocenters. The molecule has 0 saturated heterocycles. The summed E-state index contributed by atoms with van der Waals surface area (Å²) in [5, 5.41) is 5.65. The second-order valence-corrected chi connectivity index (χ2v) is 11.8. The van der Waals surface area contributed by atoms with Gasteiger partial charge in [-0.05, 0) is 88.8 Å². The van der Waals surface area contributed by atoms with Crippen molar-refractivity contribution in [2.24, 2.45) is 0 Å². The molecule has 0 aromatic heterocycles. The van der Waals surface area contributed by atoms with E-state index in [-0.39, 0.29) is 29.9 Å². The predicted molar refractivity (Wildman–Crippen MR) is 159 cm³/mol. The summed E-state index contributed by atoms with van der Waals surface area (Å²) < 4.78 is 10.5. The first-order chi connectivity index (χ1) is 19.2. The van der Waals surface area contributed by atoms with Crippen LogP contribution in [0.15, 0.2) is 42.5 Å². The molecule has 0 radical (unpaired) electrons. The smallest absolute Gasteiger partial charge is 0.407 e. The topological polar surface area (TPSA) is 114 Å². The Bertz CT molecular complexity index is 1250.